The van der Waals surface area contributed by atoms with Gasteiger partial charge in [-0.3, -0.25) is 4.79 Å². The molecule has 0 aliphatic carbocycles. The van der Waals surface area contributed by atoms with E-state index in [0.29, 0.717) is 11.7 Å². The van der Waals surface area contributed by atoms with Crippen LogP contribution < -0.4 is 20.9 Å². The van der Waals surface area contributed by atoms with Gasteiger partial charge in [0.2, 0.25) is 17.8 Å². The van der Waals surface area contributed by atoms with Crippen LogP contribution in [-0.4, -0.2) is 52.3 Å². The number of carbonyl (C=O) groups excluding carboxylic acids is 1. The minimum atomic E-state index is -0.0587. The van der Waals surface area contributed by atoms with E-state index < -0.39 is 0 Å². The highest BCUT2D eigenvalue weighted by molar-refractivity contribution is 7.99. The summed E-state index contributed by atoms with van der Waals surface area (Å²) in [6, 6.07) is 5.57. The molecular weight excluding hydrogens is 368 g/mol. The summed E-state index contributed by atoms with van der Waals surface area (Å²) >= 11 is 1.19. The molecule has 1 aliphatic heterocycles. The third kappa shape index (κ3) is 4.33. The Morgan fingerprint density at radius 1 is 1.22 bits per heavy atom. The zero-order valence-electron chi connectivity index (χ0n) is 15.2. The molecule has 3 rings (SSSR count). The number of anilines is 2. The number of thioether (sulfide) groups is 1. The van der Waals surface area contributed by atoms with Gasteiger partial charge in [-0.1, -0.05) is 11.8 Å². The maximum Gasteiger partial charge on any atom is 0.233 e. The molecule has 0 saturated carbocycles. The second-order valence-electron chi connectivity index (χ2n) is 5.98. The van der Waals surface area contributed by atoms with Crippen LogP contribution in [0.1, 0.15) is 24.4 Å². The molecule has 1 aromatic heterocycles. The molecule has 4 N–H and O–H groups in total. The number of nitrogens with zero attached hydrogens (tertiary/aromatic N) is 4. The van der Waals surface area contributed by atoms with Crippen molar-refractivity contribution in [1.29, 1.82) is 0 Å². The summed E-state index contributed by atoms with van der Waals surface area (Å²) in [7, 11) is 3.24. The van der Waals surface area contributed by atoms with Crippen molar-refractivity contribution in [3.8, 4) is 11.5 Å². The SMILES string of the molecule is COc1ccc(OC)c([C@@H]2CCCN2C(=O)CSc2nc(N)nc(N)n2)c1. The van der Waals surface area contributed by atoms with E-state index in [1.165, 1.54) is 11.8 Å². The van der Waals surface area contributed by atoms with E-state index in [1.807, 2.05) is 23.1 Å². The molecular formula is C17H22N6O3S. The van der Waals surface area contributed by atoms with Crippen LogP contribution in [0, 0.1) is 0 Å². The largest absolute Gasteiger partial charge is 0.497 e. The van der Waals surface area contributed by atoms with Crippen LogP contribution in [0.2, 0.25) is 0 Å². The lowest BCUT2D eigenvalue weighted by Gasteiger charge is -2.26. The molecule has 0 radical (unpaired) electrons. The van der Waals surface area contributed by atoms with E-state index in [9.17, 15) is 4.79 Å². The van der Waals surface area contributed by atoms with Crippen LogP contribution in [0.3, 0.4) is 0 Å². The molecule has 0 bridgehead atoms. The second kappa shape index (κ2) is 8.30. The van der Waals surface area contributed by atoms with Crippen molar-refractivity contribution in [1.82, 2.24) is 19.9 Å². The third-order valence-corrected chi connectivity index (χ3v) is 5.18. The Labute approximate surface area is 161 Å². The van der Waals surface area contributed by atoms with Crippen LogP contribution in [0.25, 0.3) is 0 Å². The van der Waals surface area contributed by atoms with Crippen molar-refractivity contribution in [2.45, 2.75) is 24.0 Å². The smallest absolute Gasteiger partial charge is 0.233 e. The molecule has 0 spiro atoms. The first kappa shape index (κ1) is 19.0. The van der Waals surface area contributed by atoms with E-state index >= 15 is 0 Å². The summed E-state index contributed by atoms with van der Waals surface area (Å²) in [5, 5.41) is 0.336. The normalized spacial score (nSPS) is 16.4. The molecule has 1 aromatic carbocycles. The molecule has 10 heteroatoms. The van der Waals surface area contributed by atoms with E-state index in [1.54, 1.807) is 14.2 Å². The van der Waals surface area contributed by atoms with Gasteiger partial charge in [0.15, 0.2) is 5.16 Å². The molecule has 1 aliphatic rings. The summed E-state index contributed by atoms with van der Waals surface area (Å²) in [6.07, 6.45) is 1.79. The molecule has 0 unspecified atom stereocenters. The number of methoxy groups -OCH3 is 2. The van der Waals surface area contributed by atoms with Crippen molar-refractivity contribution >= 4 is 29.6 Å². The number of hydrogen-bond donors (Lipinski definition) is 2. The Balaban J connectivity index is 1.75. The number of amides is 1. The van der Waals surface area contributed by atoms with Gasteiger partial charge in [0, 0.05) is 12.1 Å². The molecule has 1 fully saturated rings. The number of benzene rings is 1. The van der Waals surface area contributed by atoms with Gasteiger partial charge in [0.05, 0.1) is 26.0 Å². The first-order valence-corrected chi connectivity index (χ1v) is 9.41. The molecule has 2 heterocycles. The van der Waals surface area contributed by atoms with Crippen molar-refractivity contribution in [2.24, 2.45) is 0 Å². The summed E-state index contributed by atoms with van der Waals surface area (Å²) in [6.45, 7) is 0.686. The van der Waals surface area contributed by atoms with Gasteiger partial charge in [-0.15, -0.1) is 0 Å². The van der Waals surface area contributed by atoms with Gasteiger partial charge in [-0.25, -0.2) is 0 Å². The average molecular weight is 390 g/mol. The van der Waals surface area contributed by atoms with Gasteiger partial charge in [-0.2, -0.15) is 15.0 Å². The summed E-state index contributed by atoms with van der Waals surface area (Å²) in [4.78, 5) is 26.4. The first-order valence-electron chi connectivity index (χ1n) is 8.43. The predicted molar refractivity (Wildman–Crippen MR) is 103 cm³/mol. The Hall–Kier alpha value is -2.75. The molecule has 1 atom stereocenters. The minimum Gasteiger partial charge on any atom is -0.497 e. The number of nitrogen functional groups attached to an aromatic ring is 2. The maximum atomic E-state index is 12.8. The number of rotatable bonds is 6. The van der Waals surface area contributed by atoms with Crippen LogP contribution >= 0.6 is 11.8 Å². The Morgan fingerprint density at radius 3 is 2.63 bits per heavy atom. The summed E-state index contributed by atoms with van der Waals surface area (Å²) in [5.74, 6) is 1.73. The van der Waals surface area contributed by atoms with Crippen LogP contribution in [-0.2, 0) is 4.79 Å². The molecule has 144 valence electrons. The van der Waals surface area contributed by atoms with Gasteiger partial charge in [0.1, 0.15) is 11.5 Å². The monoisotopic (exact) mass is 390 g/mol. The van der Waals surface area contributed by atoms with Crippen molar-refractivity contribution in [3.63, 3.8) is 0 Å². The summed E-state index contributed by atoms with van der Waals surface area (Å²) < 4.78 is 10.8. The molecule has 1 saturated heterocycles. The lowest BCUT2D eigenvalue weighted by atomic mass is 10.0. The number of likely N-dealkylation sites (tertiary alicyclic amines) is 1. The van der Waals surface area contributed by atoms with E-state index in [2.05, 4.69) is 15.0 Å². The highest BCUT2D eigenvalue weighted by Gasteiger charge is 2.32. The Bertz CT molecular complexity index is 814. The van der Waals surface area contributed by atoms with E-state index in [-0.39, 0.29) is 29.6 Å². The number of aromatic nitrogens is 3. The van der Waals surface area contributed by atoms with Crippen molar-refractivity contribution in [3.05, 3.63) is 23.8 Å². The fourth-order valence-electron chi connectivity index (χ4n) is 3.15. The summed E-state index contributed by atoms with van der Waals surface area (Å²) in [5.41, 5.74) is 12.1. The van der Waals surface area contributed by atoms with Gasteiger partial charge >= 0.3 is 0 Å². The van der Waals surface area contributed by atoms with Gasteiger partial charge in [0.25, 0.3) is 0 Å². The number of ether oxygens (including phenoxy) is 2. The van der Waals surface area contributed by atoms with Crippen molar-refractivity contribution in [2.75, 3.05) is 38.0 Å². The minimum absolute atomic E-state index is 0.00933. The Kier molecular flexibility index (Phi) is 5.84. The predicted octanol–water partition coefficient (Wildman–Crippen LogP) is 1.51. The number of nitrogens with two attached hydrogens (primary N) is 2. The van der Waals surface area contributed by atoms with E-state index in [0.717, 1.165) is 29.9 Å². The molecule has 1 amide bonds. The second-order valence-corrected chi connectivity index (χ2v) is 6.92. The van der Waals surface area contributed by atoms with Crippen LogP contribution in [0.4, 0.5) is 11.9 Å². The van der Waals surface area contributed by atoms with Gasteiger partial charge in [-0.05, 0) is 31.0 Å². The fourth-order valence-corrected chi connectivity index (χ4v) is 3.89. The van der Waals surface area contributed by atoms with Gasteiger partial charge < -0.3 is 25.8 Å². The quantitative estimate of drug-likeness (QED) is 0.705. The fraction of sp³-hybridized carbons (Fsp3) is 0.412. The molecule has 9 nitrogen and oxygen atoms in total. The first-order chi connectivity index (χ1) is 13.0. The highest BCUT2D eigenvalue weighted by atomic mass is 32.2. The average Bonchev–Trinajstić information content (AvgIpc) is 3.14. The lowest BCUT2D eigenvalue weighted by molar-refractivity contribution is -0.129. The van der Waals surface area contributed by atoms with Crippen LogP contribution in [0.5, 0.6) is 11.5 Å². The zero-order chi connectivity index (χ0) is 19.4. The number of carbonyl (C=O) groups is 1. The zero-order valence-corrected chi connectivity index (χ0v) is 16.0. The van der Waals surface area contributed by atoms with E-state index in [4.69, 9.17) is 20.9 Å². The number of hydrogen-bond acceptors (Lipinski definition) is 9. The Morgan fingerprint density at radius 2 is 1.96 bits per heavy atom. The van der Waals surface area contributed by atoms with Crippen molar-refractivity contribution < 1.29 is 14.3 Å². The molecule has 27 heavy (non-hydrogen) atoms. The maximum absolute atomic E-state index is 12.8. The van der Waals surface area contributed by atoms with Crippen LogP contribution in [0.15, 0.2) is 23.4 Å². The highest BCUT2D eigenvalue weighted by Crippen LogP contribution is 2.39. The lowest BCUT2D eigenvalue weighted by Crippen LogP contribution is -2.32. The standard InChI is InChI=1S/C17H22N6O3S/c1-25-10-5-6-13(26-2)11(8-10)12-4-3-7-23(12)14(24)9-27-17-21-15(18)20-16(19)22-17/h5-6,8,12H,3-4,7,9H2,1-2H3,(H4,18,19,20,21,22)/t12-/m0/s1. The molecule has 2 aromatic rings. The third-order valence-electron chi connectivity index (χ3n) is 4.34. The topological polar surface area (TPSA) is 129 Å².